The molecule has 6 heteroatoms. The van der Waals surface area contributed by atoms with E-state index in [-0.39, 0.29) is 0 Å². The number of aliphatic imine (C=N–C) groups is 1. The molecule has 1 aromatic heterocycles. The minimum absolute atomic E-state index is 0.591. The number of hydrogen-bond donors (Lipinski definition) is 2. The summed E-state index contributed by atoms with van der Waals surface area (Å²) in [6, 6.07) is 8.92. The summed E-state index contributed by atoms with van der Waals surface area (Å²) in [5.41, 5.74) is 2.29. The van der Waals surface area contributed by atoms with Gasteiger partial charge in [-0.3, -0.25) is 4.99 Å². The first-order valence-electron chi connectivity index (χ1n) is 9.63. The van der Waals surface area contributed by atoms with Gasteiger partial charge in [-0.15, -0.1) is 0 Å². The number of aromatic nitrogens is 2. The highest BCUT2D eigenvalue weighted by molar-refractivity contribution is 5.79. The second-order valence-corrected chi connectivity index (χ2v) is 7.40. The van der Waals surface area contributed by atoms with Crippen LogP contribution < -0.4 is 10.6 Å². The highest BCUT2D eigenvalue weighted by atomic mass is 15.2. The normalized spacial score (nSPS) is 16.3. The van der Waals surface area contributed by atoms with Gasteiger partial charge in [0.25, 0.3) is 0 Å². The van der Waals surface area contributed by atoms with Crippen LogP contribution in [0.15, 0.2) is 29.3 Å². The average molecular weight is 357 g/mol. The summed E-state index contributed by atoms with van der Waals surface area (Å²) in [5, 5.41) is 6.92. The van der Waals surface area contributed by atoms with E-state index in [2.05, 4.69) is 69.3 Å². The smallest absolute Gasteiger partial charge is 0.191 e. The fraction of sp³-hybridized carbons (Fsp3) is 0.600. The van der Waals surface area contributed by atoms with Gasteiger partial charge < -0.3 is 20.1 Å². The fourth-order valence-corrected chi connectivity index (χ4v) is 3.60. The van der Waals surface area contributed by atoms with Crippen LogP contribution >= 0.6 is 0 Å². The van der Waals surface area contributed by atoms with Crippen LogP contribution in [0.2, 0.25) is 0 Å². The van der Waals surface area contributed by atoms with E-state index in [1.54, 1.807) is 0 Å². The Morgan fingerprint density at radius 1 is 1.31 bits per heavy atom. The predicted molar refractivity (Wildman–Crippen MR) is 109 cm³/mol. The van der Waals surface area contributed by atoms with Crippen molar-refractivity contribution < 1.29 is 0 Å². The molecule has 1 heterocycles. The molecule has 6 nitrogen and oxygen atoms in total. The summed E-state index contributed by atoms with van der Waals surface area (Å²) in [6.45, 7) is 4.87. The monoisotopic (exact) mass is 356 g/mol. The lowest BCUT2D eigenvalue weighted by atomic mass is 10.1. The summed E-state index contributed by atoms with van der Waals surface area (Å²) in [7, 11) is 6.17. The Kier molecular flexibility index (Phi) is 6.14. The molecule has 1 unspecified atom stereocenters. The first-order valence-corrected chi connectivity index (χ1v) is 9.63. The van der Waals surface area contributed by atoms with Crippen LogP contribution in [-0.2, 0) is 6.54 Å². The summed E-state index contributed by atoms with van der Waals surface area (Å²) in [4.78, 5) is 11.3. The van der Waals surface area contributed by atoms with E-state index in [4.69, 9.17) is 0 Å². The van der Waals surface area contributed by atoms with E-state index >= 15 is 0 Å². The van der Waals surface area contributed by atoms with Gasteiger partial charge in [-0.05, 0) is 58.3 Å². The second-order valence-electron chi connectivity index (χ2n) is 7.40. The lowest BCUT2D eigenvalue weighted by Crippen LogP contribution is -2.46. The lowest BCUT2D eigenvalue weighted by molar-refractivity contribution is 0.264. The summed E-state index contributed by atoms with van der Waals surface area (Å²) in [5.74, 6) is 2.81. The fourth-order valence-electron chi connectivity index (χ4n) is 3.60. The maximum absolute atomic E-state index is 4.63. The second kappa shape index (κ2) is 8.54. The topological polar surface area (TPSA) is 57.5 Å². The number of likely N-dealkylation sites (N-methyl/N-ethyl adjacent to an activating group) is 1. The van der Waals surface area contributed by atoms with Gasteiger partial charge in [0.15, 0.2) is 5.96 Å². The van der Waals surface area contributed by atoms with Crippen molar-refractivity contribution in [3.8, 4) is 0 Å². The van der Waals surface area contributed by atoms with Gasteiger partial charge in [0, 0.05) is 32.7 Å². The molecule has 0 amide bonds. The quantitative estimate of drug-likeness (QED) is 0.433. The van der Waals surface area contributed by atoms with E-state index < -0.39 is 0 Å². The Labute approximate surface area is 156 Å². The van der Waals surface area contributed by atoms with Crippen LogP contribution in [-0.4, -0.2) is 60.7 Å². The number of guanidine groups is 1. The first-order chi connectivity index (χ1) is 12.6. The molecule has 2 aromatic rings. The predicted octanol–water partition coefficient (Wildman–Crippen LogP) is 2.24. The van der Waals surface area contributed by atoms with Crippen molar-refractivity contribution >= 4 is 17.0 Å². The molecular weight excluding hydrogens is 324 g/mol. The van der Waals surface area contributed by atoms with E-state index in [0.717, 1.165) is 49.3 Å². The third-order valence-corrected chi connectivity index (χ3v) is 5.23. The minimum atomic E-state index is 0.591. The van der Waals surface area contributed by atoms with E-state index in [1.165, 1.54) is 18.4 Å². The molecule has 3 rings (SSSR count). The number of para-hydroxylation sites is 2. The van der Waals surface area contributed by atoms with Crippen LogP contribution in [0.4, 0.5) is 0 Å². The molecule has 0 aliphatic heterocycles. The van der Waals surface area contributed by atoms with Gasteiger partial charge in [-0.2, -0.15) is 0 Å². The van der Waals surface area contributed by atoms with Crippen molar-refractivity contribution in [3.63, 3.8) is 0 Å². The van der Waals surface area contributed by atoms with Crippen LogP contribution in [0.25, 0.3) is 11.0 Å². The van der Waals surface area contributed by atoms with Crippen LogP contribution in [0.5, 0.6) is 0 Å². The van der Waals surface area contributed by atoms with Gasteiger partial charge in [-0.25, -0.2) is 4.98 Å². The SMILES string of the molecule is CN=C(NCCCn1c(C)nc2ccccc21)NCC(C1CC1)N(C)C. The van der Waals surface area contributed by atoms with Gasteiger partial charge in [0.2, 0.25) is 0 Å². The van der Waals surface area contributed by atoms with E-state index in [1.807, 2.05) is 13.1 Å². The molecule has 1 atom stereocenters. The highest BCUT2D eigenvalue weighted by Gasteiger charge is 2.32. The molecule has 1 aliphatic carbocycles. The third kappa shape index (κ3) is 4.55. The number of aryl methyl sites for hydroxylation is 2. The lowest BCUT2D eigenvalue weighted by Gasteiger charge is -2.25. The van der Waals surface area contributed by atoms with Crippen LogP contribution in [0.1, 0.15) is 25.1 Å². The number of benzene rings is 1. The number of hydrogen-bond acceptors (Lipinski definition) is 3. The van der Waals surface area contributed by atoms with Crippen molar-refractivity contribution in [2.45, 2.75) is 38.8 Å². The van der Waals surface area contributed by atoms with Gasteiger partial charge >= 0.3 is 0 Å². The molecular formula is C20H32N6. The molecule has 142 valence electrons. The molecule has 0 saturated heterocycles. The van der Waals surface area contributed by atoms with Crippen LogP contribution in [0, 0.1) is 12.8 Å². The van der Waals surface area contributed by atoms with E-state index in [0.29, 0.717) is 6.04 Å². The standard InChI is InChI=1S/C20H32N6/c1-15-24-17-8-5-6-9-18(17)26(15)13-7-12-22-20(21-2)23-14-19(25(3)4)16-10-11-16/h5-6,8-9,16,19H,7,10-14H2,1-4H3,(H2,21,22,23). The third-order valence-electron chi connectivity index (χ3n) is 5.23. The Morgan fingerprint density at radius 3 is 2.77 bits per heavy atom. The van der Waals surface area contributed by atoms with Gasteiger partial charge in [0.05, 0.1) is 11.0 Å². The van der Waals surface area contributed by atoms with Crippen molar-refractivity contribution in [1.29, 1.82) is 0 Å². The highest BCUT2D eigenvalue weighted by Crippen LogP contribution is 2.34. The summed E-state index contributed by atoms with van der Waals surface area (Å²) >= 11 is 0. The molecule has 0 spiro atoms. The summed E-state index contributed by atoms with van der Waals surface area (Å²) in [6.07, 6.45) is 3.74. The molecule has 26 heavy (non-hydrogen) atoms. The summed E-state index contributed by atoms with van der Waals surface area (Å²) < 4.78 is 2.29. The van der Waals surface area contributed by atoms with Crippen molar-refractivity contribution in [2.75, 3.05) is 34.2 Å². The van der Waals surface area contributed by atoms with Crippen molar-refractivity contribution in [1.82, 2.24) is 25.1 Å². The Balaban J connectivity index is 1.45. The molecule has 1 fully saturated rings. The molecule has 1 saturated carbocycles. The minimum Gasteiger partial charge on any atom is -0.356 e. The molecule has 2 N–H and O–H groups in total. The Hall–Kier alpha value is -2.08. The van der Waals surface area contributed by atoms with Gasteiger partial charge in [0.1, 0.15) is 5.82 Å². The zero-order chi connectivity index (χ0) is 18.5. The maximum atomic E-state index is 4.63. The number of imidazole rings is 1. The molecule has 0 bridgehead atoms. The first kappa shape index (κ1) is 18.7. The molecule has 1 aromatic carbocycles. The Bertz CT molecular complexity index is 742. The molecule has 1 aliphatic rings. The van der Waals surface area contributed by atoms with Gasteiger partial charge in [-0.1, -0.05) is 12.1 Å². The number of fused-ring (bicyclic) bond motifs is 1. The number of nitrogens with one attached hydrogen (secondary N) is 2. The average Bonchev–Trinajstić information content (AvgIpc) is 3.40. The van der Waals surface area contributed by atoms with Crippen molar-refractivity contribution in [2.24, 2.45) is 10.9 Å². The number of rotatable bonds is 8. The van der Waals surface area contributed by atoms with E-state index in [9.17, 15) is 0 Å². The van der Waals surface area contributed by atoms with Crippen molar-refractivity contribution in [3.05, 3.63) is 30.1 Å². The van der Waals surface area contributed by atoms with Crippen LogP contribution in [0.3, 0.4) is 0 Å². The zero-order valence-corrected chi connectivity index (χ0v) is 16.5. The maximum Gasteiger partial charge on any atom is 0.191 e. The largest absolute Gasteiger partial charge is 0.356 e. The zero-order valence-electron chi connectivity index (χ0n) is 16.5. The number of nitrogens with zero attached hydrogens (tertiary/aromatic N) is 4. The Morgan fingerprint density at radius 2 is 2.08 bits per heavy atom. The molecule has 0 radical (unpaired) electrons.